The highest BCUT2D eigenvalue weighted by Crippen LogP contribution is 2.24. The van der Waals surface area contributed by atoms with E-state index in [9.17, 15) is 0 Å². The summed E-state index contributed by atoms with van der Waals surface area (Å²) in [6.07, 6.45) is 1.67. The van der Waals surface area contributed by atoms with Gasteiger partial charge in [-0.2, -0.15) is 0 Å². The number of piperazine rings is 1. The largest absolute Gasteiger partial charge is 0.353 e. The highest BCUT2D eigenvalue weighted by Gasteiger charge is 2.17. The van der Waals surface area contributed by atoms with Gasteiger partial charge in [0.25, 0.3) is 0 Å². The van der Waals surface area contributed by atoms with Crippen LogP contribution in [0.1, 0.15) is 5.56 Å². The molecule has 94 valence electrons. The number of rotatable bonds is 1. The molecule has 0 aliphatic carbocycles. The molecule has 0 amide bonds. The molecule has 1 aromatic heterocycles. The summed E-state index contributed by atoms with van der Waals surface area (Å²) in [7, 11) is 2.17. The van der Waals surface area contributed by atoms with E-state index in [0.29, 0.717) is 0 Å². The molecule has 4 heteroatoms. The van der Waals surface area contributed by atoms with E-state index in [-0.39, 0.29) is 0 Å². The Hall–Kier alpha value is -1.68. The molecule has 2 heterocycles. The SMILES string of the molecule is Cc1ccc2ncnc(N3CCN(C)CC3)c2c1. The number of aryl methyl sites for hydroxylation is 1. The van der Waals surface area contributed by atoms with Gasteiger partial charge in [-0.05, 0) is 26.1 Å². The molecule has 0 N–H and O–H groups in total. The second-order valence-corrected chi connectivity index (χ2v) is 5.01. The van der Waals surface area contributed by atoms with Crippen LogP contribution in [-0.4, -0.2) is 48.1 Å². The van der Waals surface area contributed by atoms with Crippen LogP contribution >= 0.6 is 0 Å². The number of anilines is 1. The van der Waals surface area contributed by atoms with E-state index >= 15 is 0 Å². The average molecular weight is 242 g/mol. The predicted octanol–water partition coefficient (Wildman–Crippen LogP) is 1.69. The van der Waals surface area contributed by atoms with Gasteiger partial charge in [0.05, 0.1) is 5.52 Å². The third-order valence-corrected chi connectivity index (χ3v) is 3.57. The van der Waals surface area contributed by atoms with Gasteiger partial charge in [0.2, 0.25) is 0 Å². The molecule has 18 heavy (non-hydrogen) atoms. The molecule has 1 aliphatic rings. The zero-order chi connectivity index (χ0) is 12.5. The van der Waals surface area contributed by atoms with Gasteiger partial charge in [-0.1, -0.05) is 11.6 Å². The Morgan fingerprint density at radius 2 is 1.83 bits per heavy atom. The second-order valence-electron chi connectivity index (χ2n) is 5.01. The van der Waals surface area contributed by atoms with Crippen LogP contribution in [0.4, 0.5) is 5.82 Å². The van der Waals surface area contributed by atoms with Gasteiger partial charge in [0, 0.05) is 31.6 Å². The topological polar surface area (TPSA) is 32.3 Å². The van der Waals surface area contributed by atoms with Crippen LogP contribution in [0.25, 0.3) is 10.9 Å². The fraction of sp³-hybridized carbons (Fsp3) is 0.429. The van der Waals surface area contributed by atoms with E-state index in [2.05, 4.69) is 51.9 Å². The van der Waals surface area contributed by atoms with E-state index in [4.69, 9.17) is 0 Å². The van der Waals surface area contributed by atoms with Crippen LogP contribution in [-0.2, 0) is 0 Å². The van der Waals surface area contributed by atoms with Crippen molar-refractivity contribution in [2.75, 3.05) is 38.1 Å². The Balaban J connectivity index is 2.03. The fourth-order valence-electron chi connectivity index (χ4n) is 2.43. The Labute approximate surface area is 107 Å². The van der Waals surface area contributed by atoms with Crippen molar-refractivity contribution >= 4 is 16.7 Å². The summed E-state index contributed by atoms with van der Waals surface area (Å²) in [6.45, 7) is 6.38. The Kier molecular flexibility index (Phi) is 2.88. The molecule has 0 saturated carbocycles. The second kappa shape index (κ2) is 4.53. The monoisotopic (exact) mass is 242 g/mol. The summed E-state index contributed by atoms with van der Waals surface area (Å²) in [5, 5.41) is 1.17. The maximum atomic E-state index is 4.49. The first-order chi connectivity index (χ1) is 8.74. The molecular formula is C14H18N4. The Morgan fingerprint density at radius 1 is 1.06 bits per heavy atom. The molecule has 0 radical (unpaired) electrons. The zero-order valence-electron chi connectivity index (χ0n) is 10.9. The lowest BCUT2D eigenvalue weighted by Crippen LogP contribution is -2.44. The molecule has 1 aliphatic heterocycles. The van der Waals surface area contributed by atoms with Gasteiger partial charge in [0.15, 0.2) is 0 Å². The van der Waals surface area contributed by atoms with Crippen molar-refractivity contribution in [3.05, 3.63) is 30.1 Å². The van der Waals surface area contributed by atoms with Gasteiger partial charge in [-0.15, -0.1) is 0 Å². The van der Waals surface area contributed by atoms with Crippen LogP contribution < -0.4 is 4.90 Å². The number of likely N-dealkylation sites (N-methyl/N-ethyl adjacent to an activating group) is 1. The van der Waals surface area contributed by atoms with Gasteiger partial charge >= 0.3 is 0 Å². The molecular weight excluding hydrogens is 224 g/mol. The standard InChI is InChI=1S/C14H18N4/c1-11-3-4-13-12(9-11)14(16-10-15-13)18-7-5-17(2)6-8-18/h3-4,9-10H,5-8H2,1-2H3. The van der Waals surface area contributed by atoms with Crippen molar-refractivity contribution in [3.8, 4) is 0 Å². The number of hydrogen-bond acceptors (Lipinski definition) is 4. The summed E-state index contributed by atoms with van der Waals surface area (Å²) in [4.78, 5) is 13.6. The van der Waals surface area contributed by atoms with E-state index in [1.54, 1.807) is 6.33 Å². The van der Waals surface area contributed by atoms with Crippen LogP contribution in [0, 0.1) is 6.92 Å². The third-order valence-electron chi connectivity index (χ3n) is 3.57. The first-order valence-corrected chi connectivity index (χ1v) is 6.39. The molecule has 1 fully saturated rings. The normalized spacial score (nSPS) is 17.3. The maximum absolute atomic E-state index is 4.49. The van der Waals surface area contributed by atoms with Crippen LogP contribution in [0.5, 0.6) is 0 Å². The summed E-state index contributed by atoms with van der Waals surface area (Å²) in [5.74, 6) is 1.08. The van der Waals surface area contributed by atoms with Gasteiger partial charge in [-0.3, -0.25) is 0 Å². The summed E-state index contributed by atoms with van der Waals surface area (Å²) in [5.41, 5.74) is 2.29. The van der Waals surface area contributed by atoms with E-state index in [1.807, 2.05) is 0 Å². The van der Waals surface area contributed by atoms with E-state index in [0.717, 1.165) is 37.5 Å². The van der Waals surface area contributed by atoms with Crippen molar-refractivity contribution in [1.82, 2.24) is 14.9 Å². The van der Waals surface area contributed by atoms with Gasteiger partial charge < -0.3 is 9.80 Å². The summed E-state index contributed by atoms with van der Waals surface area (Å²) >= 11 is 0. The number of hydrogen-bond donors (Lipinski definition) is 0. The molecule has 4 nitrogen and oxygen atoms in total. The quantitative estimate of drug-likeness (QED) is 0.762. The molecule has 0 spiro atoms. The number of aromatic nitrogens is 2. The number of benzene rings is 1. The molecule has 1 saturated heterocycles. The smallest absolute Gasteiger partial charge is 0.139 e. The van der Waals surface area contributed by atoms with Crippen molar-refractivity contribution in [1.29, 1.82) is 0 Å². The minimum absolute atomic E-state index is 1.03. The average Bonchev–Trinajstić information content (AvgIpc) is 2.39. The minimum Gasteiger partial charge on any atom is -0.353 e. The van der Waals surface area contributed by atoms with Crippen LogP contribution in [0.15, 0.2) is 24.5 Å². The Bertz CT molecular complexity index is 559. The first-order valence-electron chi connectivity index (χ1n) is 6.39. The maximum Gasteiger partial charge on any atom is 0.139 e. The summed E-state index contributed by atoms with van der Waals surface area (Å²) < 4.78 is 0. The molecule has 1 aromatic carbocycles. The lowest BCUT2D eigenvalue weighted by atomic mass is 10.1. The van der Waals surface area contributed by atoms with Gasteiger partial charge in [0.1, 0.15) is 12.1 Å². The first kappa shape index (κ1) is 11.4. The lowest BCUT2D eigenvalue weighted by Gasteiger charge is -2.33. The molecule has 0 bridgehead atoms. The van der Waals surface area contributed by atoms with Gasteiger partial charge in [-0.25, -0.2) is 9.97 Å². The highest BCUT2D eigenvalue weighted by atomic mass is 15.3. The van der Waals surface area contributed by atoms with Crippen molar-refractivity contribution in [2.24, 2.45) is 0 Å². The van der Waals surface area contributed by atoms with E-state index in [1.165, 1.54) is 10.9 Å². The molecule has 0 atom stereocenters. The van der Waals surface area contributed by atoms with Crippen molar-refractivity contribution in [2.45, 2.75) is 6.92 Å². The Morgan fingerprint density at radius 3 is 2.61 bits per heavy atom. The van der Waals surface area contributed by atoms with Crippen molar-refractivity contribution in [3.63, 3.8) is 0 Å². The number of nitrogens with zero attached hydrogens (tertiary/aromatic N) is 4. The fourth-order valence-corrected chi connectivity index (χ4v) is 2.43. The van der Waals surface area contributed by atoms with E-state index < -0.39 is 0 Å². The van der Waals surface area contributed by atoms with Crippen LogP contribution in [0.3, 0.4) is 0 Å². The lowest BCUT2D eigenvalue weighted by molar-refractivity contribution is 0.312. The minimum atomic E-state index is 1.03. The van der Waals surface area contributed by atoms with Crippen molar-refractivity contribution < 1.29 is 0 Å². The predicted molar refractivity (Wildman–Crippen MR) is 74.0 cm³/mol. The zero-order valence-corrected chi connectivity index (χ0v) is 10.9. The summed E-state index contributed by atoms with van der Waals surface area (Å²) in [6, 6.07) is 6.36. The van der Waals surface area contributed by atoms with Crippen LogP contribution in [0.2, 0.25) is 0 Å². The third kappa shape index (κ3) is 2.04. The number of fused-ring (bicyclic) bond motifs is 1. The molecule has 3 rings (SSSR count). The highest BCUT2D eigenvalue weighted by molar-refractivity contribution is 5.89. The molecule has 0 unspecified atom stereocenters. The molecule has 2 aromatic rings.